The summed E-state index contributed by atoms with van der Waals surface area (Å²) in [6, 6.07) is 12.0. The van der Waals surface area contributed by atoms with Gasteiger partial charge in [-0.1, -0.05) is 12.1 Å². The lowest BCUT2D eigenvalue weighted by Gasteiger charge is -2.15. The summed E-state index contributed by atoms with van der Waals surface area (Å²) in [5, 5.41) is 12.1. The molecule has 0 saturated heterocycles. The first-order valence-electron chi connectivity index (χ1n) is 8.68. The van der Waals surface area contributed by atoms with Gasteiger partial charge in [0.15, 0.2) is 11.5 Å². The molecule has 0 saturated carbocycles. The van der Waals surface area contributed by atoms with Crippen molar-refractivity contribution in [3.05, 3.63) is 48.0 Å². The molecule has 0 aliphatic heterocycles. The topological polar surface area (TPSA) is 80.7 Å². The second-order valence-corrected chi connectivity index (χ2v) is 5.73. The van der Waals surface area contributed by atoms with Gasteiger partial charge in [0.05, 0.1) is 32.0 Å². The maximum absolute atomic E-state index is 11.7. The Morgan fingerprint density at radius 2 is 1.74 bits per heavy atom. The van der Waals surface area contributed by atoms with Crippen molar-refractivity contribution in [3.8, 4) is 28.5 Å². The van der Waals surface area contributed by atoms with Gasteiger partial charge in [0.2, 0.25) is 0 Å². The number of hydrogen-bond donors (Lipinski definition) is 0. The summed E-state index contributed by atoms with van der Waals surface area (Å²) in [5.74, 6) is 0.427. The van der Waals surface area contributed by atoms with Crippen molar-refractivity contribution in [2.24, 2.45) is 0 Å². The number of carboxylic acid groups (broad SMARTS) is 1. The van der Waals surface area contributed by atoms with E-state index in [1.165, 1.54) is 13.2 Å². The minimum Gasteiger partial charge on any atom is -0.545 e. The lowest BCUT2D eigenvalue weighted by molar-refractivity contribution is -0.254. The van der Waals surface area contributed by atoms with E-state index in [1.54, 1.807) is 30.3 Å². The molecular weight excluding hydrogens is 346 g/mol. The monoisotopic (exact) mass is 366 g/mol. The van der Waals surface area contributed by atoms with Gasteiger partial charge >= 0.3 is 0 Å². The maximum atomic E-state index is 11.7. The molecule has 3 aromatic rings. The quantitative estimate of drug-likeness (QED) is 0.639. The predicted octanol–water partition coefficient (Wildman–Crippen LogP) is 3.07. The lowest BCUT2D eigenvalue weighted by atomic mass is 10.0. The number of para-hydroxylation sites is 1. The highest BCUT2D eigenvalue weighted by Crippen LogP contribution is 2.35. The molecule has 0 radical (unpaired) electrons. The van der Waals surface area contributed by atoms with Gasteiger partial charge in [-0.3, -0.25) is 0 Å². The number of fused-ring (bicyclic) bond motifs is 1. The number of methoxy groups -OCH3 is 1. The minimum absolute atomic E-state index is 0.0562. The Bertz CT molecular complexity index is 984. The van der Waals surface area contributed by atoms with Crippen LogP contribution in [0.3, 0.4) is 0 Å². The van der Waals surface area contributed by atoms with Crippen molar-refractivity contribution in [2.45, 2.75) is 13.8 Å². The molecule has 1 heterocycles. The Kier molecular flexibility index (Phi) is 5.45. The first-order valence-corrected chi connectivity index (χ1v) is 8.68. The van der Waals surface area contributed by atoms with E-state index < -0.39 is 5.97 Å². The van der Waals surface area contributed by atoms with Crippen LogP contribution < -0.4 is 19.3 Å². The third-order valence-corrected chi connectivity index (χ3v) is 4.08. The molecule has 1 aromatic heterocycles. The molecule has 0 bridgehead atoms. The number of ether oxygens (including phenoxy) is 3. The minimum atomic E-state index is -1.27. The molecule has 0 N–H and O–H groups in total. The SMILES string of the molecule is CCOc1ccc(-c2cc(C(=O)[O-])c3cccc(OC)c3n2)cc1OCC. The number of carboxylic acids is 1. The van der Waals surface area contributed by atoms with E-state index in [2.05, 4.69) is 4.98 Å². The Balaban J connectivity index is 2.22. The number of rotatable bonds is 7. The number of carbonyl (C=O) groups excluding carboxylic acids is 1. The Morgan fingerprint density at radius 3 is 2.41 bits per heavy atom. The summed E-state index contributed by atoms with van der Waals surface area (Å²) in [5.41, 5.74) is 1.71. The molecule has 3 rings (SSSR count). The van der Waals surface area contributed by atoms with Crippen molar-refractivity contribution in [3.63, 3.8) is 0 Å². The van der Waals surface area contributed by atoms with E-state index in [-0.39, 0.29) is 5.56 Å². The van der Waals surface area contributed by atoms with Gasteiger partial charge in [0, 0.05) is 16.5 Å². The molecule has 0 spiro atoms. The highest BCUT2D eigenvalue weighted by Gasteiger charge is 2.14. The van der Waals surface area contributed by atoms with E-state index >= 15 is 0 Å². The van der Waals surface area contributed by atoms with E-state index in [0.717, 1.165) is 0 Å². The van der Waals surface area contributed by atoms with Crippen LogP contribution in [-0.4, -0.2) is 31.3 Å². The van der Waals surface area contributed by atoms with Gasteiger partial charge in [0.25, 0.3) is 0 Å². The highest BCUT2D eigenvalue weighted by atomic mass is 16.5. The number of nitrogens with zero attached hydrogens (tertiary/aromatic N) is 1. The van der Waals surface area contributed by atoms with Gasteiger partial charge in [-0.15, -0.1) is 0 Å². The second-order valence-electron chi connectivity index (χ2n) is 5.73. The van der Waals surface area contributed by atoms with Gasteiger partial charge in [-0.25, -0.2) is 4.98 Å². The van der Waals surface area contributed by atoms with Crippen molar-refractivity contribution in [2.75, 3.05) is 20.3 Å². The molecule has 0 aliphatic carbocycles. The van der Waals surface area contributed by atoms with E-state index in [1.807, 2.05) is 19.9 Å². The molecule has 0 unspecified atom stereocenters. The summed E-state index contributed by atoms with van der Waals surface area (Å²) >= 11 is 0. The van der Waals surface area contributed by atoms with Crippen LogP contribution in [0.15, 0.2) is 42.5 Å². The van der Waals surface area contributed by atoms with E-state index in [4.69, 9.17) is 14.2 Å². The summed E-state index contributed by atoms with van der Waals surface area (Å²) < 4.78 is 16.6. The van der Waals surface area contributed by atoms with Gasteiger partial charge < -0.3 is 24.1 Å². The Hall–Kier alpha value is -3.28. The lowest BCUT2D eigenvalue weighted by Crippen LogP contribution is -2.22. The largest absolute Gasteiger partial charge is 0.545 e. The normalized spacial score (nSPS) is 10.6. The first-order chi connectivity index (χ1) is 13.1. The van der Waals surface area contributed by atoms with Gasteiger partial charge in [-0.05, 0) is 44.2 Å². The molecule has 0 atom stereocenters. The molecule has 2 aromatic carbocycles. The number of aromatic nitrogens is 1. The Morgan fingerprint density at radius 1 is 1.00 bits per heavy atom. The number of benzene rings is 2. The second kappa shape index (κ2) is 7.95. The Labute approximate surface area is 157 Å². The molecule has 6 heteroatoms. The average Bonchev–Trinajstić information content (AvgIpc) is 2.68. The molecular formula is C21H20NO5-. The number of pyridine rings is 1. The molecule has 6 nitrogen and oxygen atoms in total. The van der Waals surface area contributed by atoms with Gasteiger partial charge in [0.1, 0.15) is 11.3 Å². The summed E-state index contributed by atoms with van der Waals surface area (Å²) in [6.45, 7) is 4.77. The zero-order chi connectivity index (χ0) is 19.4. The molecule has 0 amide bonds. The van der Waals surface area contributed by atoms with Gasteiger partial charge in [-0.2, -0.15) is 0 Å². The first kappa shape index (κ1) is 18.5. The smallest absolute Gasteiger partial charge is 0.161 e. The molecule has 27 heavy (non-hydrogen) atoms. The molecule has 140 valence electrons. The third kappa shape index (κ3) is 3.65. The summed E-state index contributed by atoms with van der Waals surface area (Å²) in [4.78, 5) is 16.3. The van der Waals surface area contributed by atoms with Crippen molar-refractivity contribution < 1.29 is 24.1 Å². The summed E-state index contributed by atoms with van der Waals surface area (Å²) in [6.07, 6.45) is 0. The fourth-order valence-corrected chi connectivity index (χ4v) is 2.91. The van der Waals surface area contributed by atoms with Crippen molar-refractivity contribution in [1.82, 2.24) is 4.98 Å². The van der Waals surface area contributed by atoms with Crippen molar-refractivity contribution >= 4 is 16.9 Å². The maximum Gasteiger partial charge on any atom is 0.161 e. The molecule has 0 fully saturated rings. The van der Waals surface area contributed by atoms with E-state index in [9.17, 15) is 9.90 Å². The van der Waals surface area contributed by atoms with Crippen LogP contribution in [0.2, 0.25) is 0 Å². The standard InChI is InChI=1S/C21H21NO5/c1-4-26-17-10-9-13(11-19(17)27-5-2)16-12-15(21(23)24)14-7-6-8-18(25-3)20(14)22-16/h6-12H,4-5H2,1-3H3,(H,23,24)/p-1. The van der Waals surface area contributed by atoms with Crippen LogP contribution in [0.25, 0.3) is 22.2 Å². The van der Waals surface area contributed by atoms with Crippen molar-refractivity contribution in [1.29, 1.82) is 0 Å². The van der Waals surface area contributed by atoms with Crippen LogP contribution >= 0.6 is 0 Å². The van der Waals surface area contributed by atoms with Crippen LogP contribution in [0.5, 0.6) is 17.2 Å². The third-order valence-electron chi connectivity index (χ3n) is 4.08. The average molecular weight is 366 g/mol. The van der Waals surface area contributed by atoms with E-state index in [0.29, 0.717) is 52.6 Å². The molecule has 0 aliphatic rings. The predicted molar refractivity (Wildman–Crippen MR) is 100 cm³/mol. The van der Waals surface area contributed by atoms with Crippen LogP contribution in [0, 0.1) is 0 Å². The zero-order valence-corrected chi connectivity index (χ0v) is 15.4. The highest BCUT2D eigenvalue weighted by molar-refractivity contribution is 6.04. The zero-order valence-electron chi connectivity index (χ0n) is 15.4. The fraction of sp³-hybridized carbons (Fsp3) is 0.238. The fourth-order valence-electron chi connectivity index (χ4n) is 2.91. The number of carbonyl (C=O) groups is 1. The summed E-state index contributed by atoms with van der Waals surface area (Å²) in [7, 11) is 1.52. The number of aromatic carboxylic acids is 1. The van der Waals surface area contributed by atoms with Crippen LogP contribution in [-0.2, 0) is 0 Å². The van der Waals surface area contributed by atoms with Crippen LogP contribution in [0.1, 0.15) is 24.2 Å². The number of hydrogen-bond acceptors (Lipinski definition) is 6. The van der Waals surface area contributed by atoms with Crippen LogP contribution in [0.4, 0.5) is 0 Å².